The highest BCUT2D eigenvalue weighted by molar-refractivity contribution is 14.1. The van der Waals surface area contributed by atoms with Crippen LogP contribution in [0.4, 0.5) is 5.69 Å². The lowest BCUT2D eigenvalue weighted by Crippen LogP contribution is -2.29. The number of Topliss-reactive ketones (excluding diaryl/α,β-unsaturated/α-hetero) is 1. The van der Waals surface area contributed by atoms with Gasteiger partial charge < -0.3 is 14.8 Å². The Labute approximate surface area is 251 Å². The van der Waals surface area contributed by atoms with Crippen molar-refractivity contribution < 1.29 is 24.0 Å². The number of carbonyl (C=O) groups excluding carboxylic acids is 2. The predicted octanol–water partition coefficient (Wildman–Crippen LogP) is 6.51. The quantitative estimate of drug-likeness (QED) is 0.127. The van der Waals surface area contributed by atoms with Crippen molar-refractivity contribution in [2.45, 2.75) is 26.4 Å². The molecule has 0 saturated heterocycles. The number of nitro groups is 1. The molecule has 0 radical (unpaired) electrons. The first-order valence-corrected chi connectivity index (χ1v) is 14.2. The smallest absolute Gasteiger partial charge is 0.336 e. The molecule has 10 heteroatoms. The maximum Gasteiger partial charge on any atom is 0.336 e. The zero-order valence-corrected chi connectivity index (χ0v) is 25.2. The van der Waals surface area contributed by atoms with Crippen LogP contribution in [0.25, 0.3) is 5.70 Å². The number of hydrogen-bond donors (Lipinski definition) is 1. The molecule has 0 bridgehead atoms. The predicted molar refractivity (Wildman–Crippen MR) is 162 cm³/mol. The molecular formula is C29H22I2N2O6. The number of fused-ring (bicyclic) bond motifs is 2. The van der Waals surface area contributed by atoms with E-state index in [1.165, 1.54) is 12.1 Å². The van der Waals surface area contributed by atoms with Gasteiger partial charge in [0, 0.05) is 40.4 Å². The van der Waals surface area contributed by atoms with E-state index in [0.717, 1.165) is 29.5 Å². The van der Waals surface area contributed by atoms with Crippen LogP contribution in [0.5, 0.6) is 5.75 Å². The lowest BCUT2D eigenvalue weighted by molar-refractivity contribution is -0.384. The number of halogens is 2. The van der Waals surface area contributed by atoms with E-state index in [-0.39, 0.29) is 24.7 Å². The summed E-state index contributed by atoms with van der Waals surface area (Å²) < 4.78 is 13.1. The molecule has 2 aliphatic rings. The van der Waals surface area contributed by atoms with Gasteiger partial charge >= 0.3 is 5.97 Å². The number of dihydropyridines is 1. The molecule has 198 valence electrons. The standard InChI is InChI=1S/C29H22I2N2O6/c1-3-38-29(35)23-15(2)32-26-19-6-4-5-7-20(19)27(34)25(26)24(23)17-12-21(30)28(22(31)13-17)39-14-16-8-10-18(11-9-16)33(36)37/h4-13,24,32H,3,14H2,1-2H3/t24-/m1/s1. The number of carbonyl (C=O) groups is 2. The molecule has 1 heterocycles. The summed E-state index contributed by atoms with van der Waals surface area (Å²) in [6, 6.07) is 17.5. The van der Waals surface area contributed by atoms with Gasteiger partial charge in [-0.2, -0.15) is 0 Å². The third-order valence-electron chi connectivity index (χ3n) is 6.63. The van der Waals surface area contributed by atoms with Crippen LogP contribution in [0.15, 0.2) is 77.5 Å². The van der Waals surface area contributed by atoms with E-state index < -0.39 is 16.8 Å². The zero-order valence-electron chi connectivity index (χ0n) is 20.9. The number of esters is 1. The van der Waals surface area contributed by atoms with Gasteiger partial charge in [0.05, 0.1) is 29.9 Å². The first kappa shape index (κ1) is 27.3. The molecule has 0 aromatic heterocycles. The lowest BCUT2D eigenvalue weighted by Gasteiger charge is -2.29. The lowest BCUT2D eigenvalue weighted by atomic mass is 9.80. The van der Waals surface area contributed by atoms with Crippen molar-refractivity contribution >= 4 is 68.3 Å². The van der Waals surface area contributed by atoms with Crippen LogP contribution in [0.1, 0.15) is 46.8 Å². The second-order valence-electron chi connectivity index (χ2n) is 9.01. The number of ketones is 1. The number of non-ortho nitro benzene ring substituents is 1. The van der Waals surface area contributed by atoms with E-state index in [1.807, 2.05) is 37.3 Å². The molecule has 5 rings (SSSR count). The molecule has 8 nitrogen and oxygen atoms in total. The van der Waals surface area contributed by atoms with Gasteiger partial charge in [-0.1, -0.05) is 24.3 Å². The van der Waals surface area contributed by atoms with Gasteiger partial charge in [-0.3, -0.25) is 14.9 Å². The second-order valence-corrected chi connectivity index (χ2v) is 11.3. The molecule has 0 unspecified atom stereocenters. The van der Waals surface area contributed by atoms with Crippen molar-refractivity contribution in [3.05, 3.63) is 117 Å². The molecule has 0 fully saturated rings. The van der Waals surface area contributed by atoms with Gasteiger partial charge in [0.25, 0.3) is 5.69 Å². The summed E-state index contributed by atoms with van der Waals surface area (Å²) in [5.74, 6) is -0.547. The average molecular weight is 748 g/mol. The maximum atomic E-state index is 13.7. The second kappa shape index (κ2) is 11.1. The largest absolute Gasteiger partial charge is 0.487 e. The Bertz CT molecular complexity index is 1570. The minimum Gasteiger partial charge on any atom is -0.487 e. The maximum absolute atomic E-state index is 13.7. The molecular weight excluding hydrogens is 726 g/mol. The zero-order chi connectivity index (χ0) is 27.8. The Morgan fingerprint density at radius 3 is 2.31 bits per heavy atom. The minimum atomic E-state index is -0.619. The van der Waals surface area contributed by atoms with Gasteiger partial charge in [-0.15, -0.1) is 0 Å². The van der Waals surface area contributed by atoms with E-state index in [4.69, 9.17) is 9.47 Å². The summed E-state index contributed by atoms with van der Waals surface area (Å²) in [5.41, 5.74) is 5.31. The van der Waals surface area contributed by atoms with Gasteiger partial charge in [-0.25, -0.2) is 4.79 Å². The number of nitro benzene ring substituents is 1. The highest BCUT2D eigenvalue weighted by Crippen LogP contribution is 2.48. The average Bonchev–Trinajstić information content (AvgIpc) is 3.19. The van der Waals surface area contributed by atoms with Gasteiger partial charge in [0.1, 0.15) is 12.4 Å². The van der Waals surface area contributed by atoms with Crippen LogP contribution < -0.4 is 10.1 Å². The van der Waals surface area contributed by atoms with E-state index in [2.05, 4.69) is 50.5 Å². The first-order chi connectivity index (χ1) is 18.7. The summed E-state index contributed by atoms with van der Waals surface area (Å²) in [5, 5.41) is 14.2. The first-order valence-electron chi connectivity index (χ1n) is 12.1. The van der Waals surface area contributed by atoms with Gasteiger partial charge in [0.2, 0.25) is 0 Å². The number of benzene rings is 3. The number of allylic oxidation sites excluding steroid dienone is 2. The fourth-order valence-corrected chi connectivity index (χ4v) is 7.02. The van der Waals surface area contributed by atoms with Crippen molar-refractivity contribution in [3.63, 3.8) is 0 Å². The number of nitrogens with zero attached hydrogens (tertiary/aromatic N) is 1. The summed E-state index contributed by atoms with van der Waals surface area (Å²) in [4.78, 5) is 37.4. The molecule has 0 saturated carbocycles. The Balaban J connectivity index is 1.53. The van der Waals surface area contributed by atoms with Crippen molar-refractivity contribution in [1.82, 2.24) is 5.32 Å². The van der Waals surface area contributed by atoms with E-state index in [1.54, 1.807) is 25.1 Å². The van der Waals surface area contributed by atoms with E-state index in [0.29, 0.717) is 28.2 Å². The fraction of sp³-hybridized carbons (Fsp3) is 0.172. The highest BCUT2D eigenvalue weighted by Gasteiger charge is 2.43. The molecule has 1 atom stereocenters. The molecule has 39 heavy (non-hydrogen) atoms. The minimum absolute atomic E-state index is 0.0206. The molecule has 1 aliphatic carbocycles. The third-order valence-corrected chi connectivity index (χ3v) is 8.23. The molecule has 1 aliphatic heterocycles. The highest BCUT2D eigenvalue weighted by atomic mass is 127. The summed E-state index contributed by atoms with van der Waals surface area (Å²) in [7, 11) is 0. The fourth-order valence-electron chi connectivity index (χ4n) is 4.90. The number of nitrogens with one attached hydrogen (secondary N) is 1. The monoisotopic (exact) mass is 748 g/mol. The van der Waals surface area contributed by atoms with Crippen LogP contribution in [-0.2, 0) is 16.1 Å². The molecule has 0 spiro atoms. The summed E-state index contributed by atoms with van der Waals surface area (Å²) >= 11 is 4.38. The Hall–Kier alpha value is -3.26. The van der Waals surface area contributed by atoms with Crippen LogP contribution >= 0.6 is 45.2 Å². The molecule has 1 N–H and O–H groups in total. The van der Waals surface area contributed by atoms with Crippen LogP contribution in [-0.4, -0.2) is 23.3 Å². The van der Waals surface area contributed by atoms with Gasteiger partial charge in [0.15, 0.2) is 5.78 Å². The van der Waals surface area contributed by atoms with Crippen molar-refractivity contribution in [2.75, 3.05) is 6.61 Å². The molecule has 3 aromatic carbocycles. The van der Waals surface area contributed by atoms with E-state index in [9.17, 15) is 19.7 Å². The Kier molecular flexibility index (Phi) is 7.76. The topological polar surface area (TPSA) is 108 Å². The number of ether oxygens (including phenoxy) is 2. The van der Waals surface area contributed by atoms with Crippen molar-refractivity contribution in [1.29, 1.82) is 0 Å². The number of hydrogen-bond acceptors (Lipinski definition) is 7. The van der Waals surface area contributed by atoms with Crippen LogP contribution in [0.3, 0.4) is 0 Å². The summed E-state index contributed by atoms with van der Waals surface area (Å²) in [6.45, 7) is 4.02. The van der Waals surface area contributed by atoms with Gasteiger partial charge in [-0.05, 0) is 94.4 Å². The van der Waals surface area contributed by atoms with Crippen LogP contribution in [0, 0.1) is 17.3 Å². The van der Waals surface area contributed by atoms with Crippen molar-refractivity contribution in [3.8, 4) is 5.75 Å². The Morgan fingerprint density at radius 1 is 1.05 bits per heavy atom. The molecule has 3 aromatic rings. The van der Waals surface area contributed by atoms with Crippen LogP contribution in [0.2, 0.25) is 0 Å². The third kappa shape index (κ3) is 5.07. The molecule has 0 amide bonds. The Morgan fingerprint density at radius 2 is 1.69 bits per heavy atom. The van der Waals surface area contributed by atoms with E-state index >= 15 is 0 Å². The number of rotatable bonds is 7. The SMILES string of the molecule is CCOC(=O)C1=C(C)NC2=C(C(=O)c3ccccc32)[C@@H]1c1cc(I)c(OCc2ccc([N+](=O)[O-])cc2)c(I)c1. The van der Waals surface area contributed by atoms with Crippen molar-refractivity contribution in [2.24, 2.45) is 0 Å². The normalized spacial score (nSPS) is 16.0. The summed E-state index contributed by atoms with van der Waals surface area (Å²) in [6.07, 6.45) is 0.